The highest BCUT2D eigenvalue weighted by atomic mass is 19.4. The maximum Gasteiger partial charge on any atom is 0.490 e. The van der Waals surface area contributed by atoms with Crippen LogP contribution in [-0.2, 0) is 21.5 Å². The largest absolute Gasteiger partial charge is 0.490 e. The lowest BCUT2D eigenvalue weighted by Gasteiger charge is -2.23. The molecule has 1 aromatic carbocycles. The second-order valence-corrected chi connectivity index (χ2v) is 7.76. The predicted molar refractivity (Wildman–Crippen MR) is 106 cm³/mol. The Morgan fingerprint density at radius 2 is 2.00 bits per heavy atom. The summed E-state index contributed by atoms with van der Waals surface area (Å²) < 4.78 is 33.5. The Labute approximate surface area is 177 Å². The van der Waals surface area contributed by atoms with Gasteiger partial charge < -0.3 is 15.3 Å². The molecule has 1 aromatic heterocycles. The normalized spacial score (nSPS) is 23.2. The molecule has 31 heavy (non-hydrogen) atoms. The maximum absolute atomic E-state index is 12.9. The maximum atomic E-state index is 12.9. The number of nitrogens with one attached hydrogen (secondary N) is 1. The van der Waals surface area contributed by atoms with Crippen molar-refractivity contribution in [1.29, 1.82) is 0 Å². The summed E-state index contributed by atoms with van der Waals surface area (Å²) in [5.74, 6) is -2.73. The molecule has 0 aliphatic carbocycles. The Bertz CT molecular complexity index is 956. The minimum Gasteiger partial charge on any atom is -0.475 e. The number of hydrogen-bond acceptors (Lipinski definition) is 5. The van der Waals surface area contributed by atoms with E-state index in [4.69, 9.17) is 9.90 Å². The third-order valence-corrected chi connectivity index (χ3v) is 5.62. The number of aliphatic carboxylic acids is 1. The first-order valence-electron chi connectivity index (χ1n) is 9.88. The highest BCUT2D eigenvalue weighted by Crippen LogP contribution is 2.41. The summed E-state index contributed by atoms with van der Waals surface area (Å²) in [6.45, 7) is 3.00. The Morgan fingerprint density at radius 3 is 2.61 bits per heavy atom. The van der Waals surface area contributed by atoms with Crippen LogP contribution in [-0.4, -0.2) is 57.8 Å². The number of rotatable bonds is 3. The smallest absolute Gasteiger partial charge is 0.475 e. The van der Waals surface area contributed by atoms with Crippen molar-refractivity contribution in [2.24, 2.45) is 0 Å². The van der Waals surface area contributed by atoms with Crippen LogP contribution < -0.4 is 10.2 Å². The summed E-state index contributed by atoms with van der Waals surface area (Å²) in [6.07, 6.45) is 1.40. The summed E-state index contributed by atoms with van der Waals surface area (Å²) in [4.78, 5) is 23.5. The first-order chi connectivity index (χ1) is 14.5. The number of alkyl halides is 3. The number of anilines is 1. The monoisotopic (exact) mass is 439 g/mol. The lowest BCUT2D eigenvalue weighted by molar-refractivity contribution is -0.192. The molecule has 2 atom stereocenters. The van der Waals surface area contributed by atoms with Crippen LogP contribution in [0.3, 0.4) is 0 Å². The fourth-order valence-corrected chi connectivity index (χ4v) is 3.91. The van der Waals surface area contributed by atoms with Gasteiger partial charge in [-0.25, -0.2) is 9.48 Å². The molecule has 2 unspecified atom stereocenters. The zero-order chi connectivity index (χ0) is 22.8. The molecule has 0 saturated carbocycles. The number of carboxylic acid groups (broad SMARTS) is 1. The Hall–Kier alpha value is -2.95. The van der Waals surface area contributed by atoms with Crippen molar-refractivity contribution in [3.8, 4) is 0 Å². The summed E-state index contributed by atoms with van der Waals surface area (Å²) in [6, 6.07) is 8.36. The Kier molecular flexibility index (Phi) is 6.35. The average Bonchev–Trinajstić information content (AvgIpc) is 3.28. The number of halogens is 3. The topological polar surface area (TPSA) is 100 Å². The first-order valence-corrected chi connectivity index (χ1v) is 9.88. The van der Waals surface area contributed by atoms with Gasteiger partial charge in [-0.2, -0.15) is 13.2 Å². The number of carboxylic acids is 1. The summed E-state index contributed by atoms with van der Waals surface area (Å²) >= 11 is 0. The molecule has 2 aromatic rings. The van der Waals surface area contributed by atoms with Crippen LogP contribution in [0.15, 0.2) is 30.5 Å². The van der Waals surface area contributed by atoms with Gasteiger partial charge in [0.25, 0.3) is 5.91 Å². The van der Waals surface area contributed by atoms with E-state index < -0.39 is 17.7 Å². The van der Waals surface area contributed by atoms with Crippen molar-refractivity contribution in [2.45, 2.75) is 50.4 Å². The van der Waals surface area contributed by atoms with Gasteiger partial charge in [-0.1, -0.05) is 29.8 Å². The van der Waals surface area contributed by atoms with E-state index in [9.17, 15) is 18.0 Å². The van der Waals surface area contributed by atoms with E-state index in [2.05, 4.69) is 15.6 Å². The van der Waals surface area contributed by atoms with Gasteiger partial charge in [0.15, 0.2) is 5.54 Å². The van der Waals surface area contributed by atoms with Crippen LogP contribution in [0.1, 0.15) is 37.4 Å². The number of aromatic nitrogens is 3. The number of amides is 1. The van der Waals surface area contributed by atoms with Crippen LogP contribution in [0.25, 0.3) is 0 Å². The molecule has 0 radical (unpaired) electrons. The lowest BCUT2D eigenvalue weighted by Crippen LogP contribution is -2.42. The van der Waals surface area contributed by atoms with Crippen LogP contribution in [0.5, 0.6) is 0 Å². The number of carbonyl (C=O) groups is 2. The van der Waals surface area contributed by atoms with Crippen molar-refractivity contribution < 1.29 is 27.9 Å². The van der Waals surface area contributed by atoms with Crippen LogP contribution in [0.2, 0.25) is 0 Å². The number of piperidine rings is 1. The van der Waals surface area contributed by atoms with Gasteiger partial charge >= 0.3 is 12.1 Å². The van der Waals surface area contributed by atoms with E-state index in [1.807, 2.05) is 44.4 Å². The molecule has 1 fully saturated rings. The number of likely N-dealkylation sites (N-methyl/N-ethyl adjacent to an activating group) is 1. The molecule has 2 aliphatic heterocycles. The van der Waals surface area contributed by atoms with E-state index >= 15 is 0 Å². The lowest BCUT2D eigenvalue weighted by atomic mass is 9.94. The van der Waals surface area contributed by atoms with Crippen LogP contribution >= 0.6 is 0 Å². The molecule has 11 heteroatoms. The molecule has 4 rings (SSSR count). The average molecular weight is 439 g/mol. The zero-order valence-electron chi connectivity index (χ0n) is 17.2. The third-order valence-electron chi connectivity index (χ3n) is 5.62. The minimum atomic E-state index is -5.08. The predicted octanol–water partition coefficient (Wildman–Crippen LogP) is 2.34. The highest BCUT2D eigenvalue weighted by Gasteiger charge is 2.48. The quantitative estimate of drug-likeness (QED) is 0.762. The van der Waals surface area contributed by atoms with Crippen LogP contribution in [0.4, 0.5) is 18.9 Å². The van der Waals surface area contributed by atoms with E-state index in [0.29, 0.717) is 6.04 Å². The van der Waals surface area contributed by atoms with Gasteiger partial charge in [-0.3, -0.25) is 4.79 Å². The van der Waals surface area contributed by atoms with Crippen molar-refractivity contribution >= 4 is 17.6 Å². The molecule has 3 heterocycles. The van der Waals surface area contributed by atoms with Crippen molar-refractivity contribution in [1.82, 2.24) is 20.3 Å². The molecule has 1 amide bonds. The van der Waals surface area contributed by atoms with Crippen molar-refractivity contribution in [3.05, 3.63) is 41.7 Å². The van der Waals surface area contributed by atoms with Crippen LogP contribution in [0, 0.1) is 0 Å². The highest BCUT2D eigenvalue weighted by molar-refractivity contribution is 6.07. The number of para-hydroxylation sites is 1. The number of nitrogens with zero attached hydrogens (tertiary/aromatic N) is 4. The summed E-state index contributed by atoms with van der Waals surface area (Å²) in [5.41, 5.74) is 2.03. The fourth-order valence-electron chi connectivity index (χ4n) is 3.91. The minimum absolute atomic E-state index is 0.0240. The second kappa shape index (κ2) is 8.66. The molecular formula is C20H24F3N5O3. The van der Waals surface area contributed by atoms with Crippen molar-refractivity contribution in [2.75, 3.05) is 18.5 Å². The van der Waals surface area contributed by atoms with Crippen molar-refractivity contribution in [3.63, 3.8) is 0 Å². The third kappa shape index (κ3) is 4.55. The van der Waals surface area contributed by atoms with E-state index in [1.165, 1.54) is 19.3 Å². The molecule has 0 bridgehead atoms. The summed E-state index contributed by atoms with van der Waals surface area (Å²) in [7, 11) is 1.82. The Morgan fingerprint density at radius 1 is 1.32 bits per heavy atom. The van der Waals surface area contributed by atoms with E-state index in [1.54, 1.807) is 9.58 Å². The van der Waals surface area contributed by atoms with Gasteiger partial charge in [0.05, 0.1) is 11.9 Å². The molecule has 0 spiro atoms. The molecule has 1 saturated heterocycles. The molecule has 2 N–H and O–H groups in total. The SMILES string of the molecule is CN1C(=O)C(C)(n2cc(CC3CCCCN3)nn2)c2ccccc21.O=C(O)C(F)(F)F. The zero-order valence-corrected chi connectivity index (χ0v) is 17.2. The summed E-state index contributed by atoms with van der Waals surface area (Å²) in [5, 5.41) is 19.3. The Balaban J connectivity index is 0.000000339. The van der Waals surface area contributed by atoms with Gasteiger partial charge in [0.2, 0.25) is 0 Å². The van der Waals surface area contributed by atoms with E-state index in [-0.39, 0.29) is 5.91 Å². The standard InChI is InChI=1S/C18H23N5O.C2HF3O2/c1-18(15-8-3-4-9-16(15)22(2)17(18)24)23-12-14(20-21-23)11-13-7-5-6-10-19-13;3-2(4,5)1(6)7/h3-4,8-9,12-13,19H,5-7,10-11H2,1-2H3;(H,6,7). The molecular weight excluding hydrogens is 415 g/mol. The number of fused-ring (bicyclic) bond motifs is 1. The molecule has 168 valence electrons. The first kappa shape index (κ1) is 22.7. The number of hydrogen-bond donors (Lipinski definition) is 2. The van der Waals surface area contributed by atoms with Gasteiger partial charge in [0.1, 0.15) is 0 Å². The van der Waals surface area contributed by atoms with E-state index in [0.717, 1.165) is 29.9 Å². The second-order valence-electron chi connectivity index (χ2n) is 7.76. The number of carbonyl (C=O) groups excluding carboxylic acids is 1. The van der Waals surface area contributed by atoms with Gasteiger partial charge in [-0.05, 0) is 32.4 Å². The van der Waals surface area contributed by atoms with Gasteiger partial charge in [0, 0.05) is 30.8 Å². The molecule has 8 nitrogen and oxygen atoms in total. The molecule has 2 aliphatic rings. The van der Waals surface area contributed by atoms with Gasteiger partial charge in [-0.15, -0.1) is 5.10 Å². The fraction of sp³-hybridized carbons (Fsp3) is 0.500. The number of benzene rings is 1.